The van der Waals surface area contributed by atoms with Gasteiger partial charge in [0.2, 0.25) is 0 Å². The van der Waals surface area contributed by atoms with Gasteiger partial charge in [-0.05, 0) is 19.8 Å². The lowest BCUT2D eigenvalue weighted by Gasteiger charge is -2.34. The highest BCUT2D eigenvalue weighted by atomic mass is 32.2. The van der Waals surface area contributed by atoms with E-state index in [2.05, 4.69) is 4.74 Å². The molecule has 0 aliphatic carbocycles. The number of hydrogen-bond donors (Lipinski definition) is 1. The molecule has 8 heteroatoms. The van der Waals surface area contributed by atoms with Crippen molar-refractivity contribution in [2.75, 3.05) is 33.9 Å². The number of esters is 1. The largest absolute Gasteiger partial charge is 0.469 e. The number of rotatable bonds is 5. The fraction of sp³-hybridized carbons (Fsp3) is 0.909. The maximum Gasteiger partial charge on any atom is 0.308 e. The average Bonchev–Trinajstić information content (AvgIpc) is 2.44. The highest BCUT2D eigenvalue weighted by Gasteiger charge is 2.35. The maximum absolute atomic E-state index is 12.3. The van der Waals surface area contributed by atoms with E-state index in [1.165, 1.54) is 18.5 Å². The number of likely N-dealkylation sites (N-methyl/N-ethyl adjacent to an activating group) is 1. The number of piperidine rings is 1. The van der Waals surface area contributed by atoms with Crippen LogP contribution in [-0.4, -0.2) is 68.0 Å². The van der Waals surface area contributed by atoms with Crippen LogP contribution in [0.25, 0.3) is 0 Å². The number of hydrogen-bond acceptors (Lipinski definition) is 5. The monoisotopic (exact) mass is 294 g/mol. The van der Waals surface area contributed by atoms with Gasteiger partial charge in [-0.3, -0.25) is 4.79 Å². The minimum atomic E-state index is -3.57. The number of ether oxygens (including phenoxy) is 1. The van der Waals surface area contributed by atoms with Crippen LogP contribution in [0.5, 0.6) is 0 Å². The summed E-state index contributed by atoms with van der Waals surface area (Å²) >= 11 is 0. The van der Waals surface area contributed by atoms with Crippen molar-refractivity contribution >= 4 is 16.2 Å². The summed E-state index contributed by atoms with van der Waals surface area (Å²) in [5, 5.41) is 9.03. The van der Waals surface area contributed by atoms with Gasteiger partial charge in [0.15, 0.2) is 0 Å². The fourth-order valence-electron chi connectivity index (χ4n) is 2.01. The summed E-state index contributed by atoms with van der Waals surface area (Å²) in [7, 11) is -0.792. The van der Waals surface area contributed by atoms with Crippen LogP contribution in [0.15, 0.2) is 0 Å². The number of carbonyl (C=O) groups excluding carboxylic acids is 1. The molecule has 1 aliphatic rings. The van der Waals surface area contributed by atoms with Crippen LogP contribution < -0.4 is 0 Å². The molecule has 1 N–H and O–H groups in total. The molecule has 0 aromatic carbocycles. The first-order chi connectivity index (χ1) is 8.84. The Balaban J connectivity index is 2.66. The zero-order valence-electron chi connectivity index (χ0n) is 11.6. The second-order valence-electron chi connectivity index (χ2n) is 4.75. The molecule has 112 valence electrons. The summed E-state index contributed by atoms with van der Waals surface area (Å²) in [6.45, 7) is 2.00. The molecule has 0 aromatic heterocycles. The topological polar surface area (TPSA) is 87.2 Å². The second kappa shape index (κ2) is 6.65. The molecular formula is C11H22N2O5S. The molecule has 0 amide bonds. The predicted octanol–water partition coefficient (Wildman–Crippen LogP) is -0.571. The smallest absolute Gasteiger partial charge is 0.308 e. The highest BCUT2D eigenvalue weighted by Crippen LogP contribution is 2.22. The van der Waals surface area contributed by atoms with Crippen molar-refractivity contribution in [2.45, 2.75) is 25.8 Å². The fourth-order valence-corrected chi connectivity index (χ4v) is 3.57. The van der Waals surface area contributed by atoms with Gasteiger partial charge in [-0.2, -0.15) is 17.0 Å². The molecular weight excluding hydrogens is 272 g/mol. The molecule has 1 saturated heterocycles. The molecule has 1 rings (SSSR count). The normalized spacial score (nSPS) is 20.5. The molecule has 1 unspecified atom stereocenters. The third-order valence-corrected chi connectivity index (χ3v) is 5.67. The Morgan fingerprint density at radius 2 is 2.00 bits per heavy atom. The average molecular weight is 294 g/mol. The zero-order valence-corrected chi connectivity index (χ0v) is 12.4. The van der Waals surface area contributed by atoms with E-state index in [9.17, 15) is 13.2 Å². The Labute approximate surface area is 114 Å². The van der Waals surface area contributed by atoms with Crippen molar-refractivity contribution in [1.82, 2.24) is 8.61 Å². The highest BCUT2D eigenvalue weighted by molar-refractivity contribution is 7.86. The molecule has 0 radical (unpaired) electrons. The van der Waals surface area contributed by atoms with E-state index in [0.29, 0.717) is 25.9 Å². The van der Waals surface area contributed by atoms with E-state index in [-0.39, 0.29) is 18.5 Å². The van der Waals surface area contributed by atoms with E-state index in [1.807, 2.05) is 0 Å². The van der Waals surface area contributed by atoms with Crippen molar-refractivity contribution < 1.29 is 23.1 Å². The molecule has 1 fully saturated rings. The van der Waals surface area contributed by atoms with E-state index >= 15 is 0 Å². The van der Waals surface area contributed by atoms with Crippen molar-refractivity contribution in [3.05, 3.63) is 0 Å². The van der Waals surface area contributed by atoms with Crippen LogP contribution in [0.3, 0.4) is 0 Å². The zero-order chi connectivity index (χ0) is 14.6. The summed E-state index contributed by atoms with van der Waals surface area (Å²) in [5.41, 5.74) is 0. The van der Waals surface area contributed by atoms with Crippen LogP contribution >= 0.6 is 0 Å². The first-order valence-electron chi connectivity index (χ1n) is 6.26. The van der Waals surface area contributed by atoms with Gasteiger partial charge in [0.25, 0.3) is 10.2 Å². The summed E-state index contributed by atoms with van der Waals surface area (Å²) < 4.78 is 31.7. The van der Waals surface area contributed by atoms with E-state index in [1.54, 1.807) is 6.92 Å². The molecule has 0 spiro atoms. The number of carbonyl (C=O) groups is 1. The van der Waals surface area contributed by atoms with Gasteiger partial charge in [-0.15, -0.1) is 0 Å². The van der Waals surface area contributed by atoms with Crippen LogP contribution in [-0.2, 0) is 19.7 Å². The van der Waals surface area contributed by atoms with Crippen LogP contribution in [0.2, 0.25) is 0 Å². The van der Waals surface area contributed by atoms with Gasteiger partial charge in [0.05, 0.1) is 19.6 Å². The van der Waals surface area contributed by atoms with Gasteiger partial charge < -0.3 is 9.84 Å². The first-order valence-corrected chi connectivity index (χ1v) is 7.66. The van der Waals surface area contributed by atoms with Gasteiger partial charge >= 0.3 is 5.97 Å². The lowest BCUT2D eigenvalue weighted by atomic mass is 9.99. The second-order valence-corrected chi connectivity index (χ2v) is 6.74. The Kier molecular flexibility index (Phi) is 5.72. The van der Waals surface area contributed by atoms with E-state index in [4.69, 9.17) is 5.11 Å². The molecule has 1 atom stereocenters. The molecule has 19 heavy (non-hydrogen) atoms. The SMILES string of the molecule is COC(=O)C1CCN(S(=O)(=O)N(C)C(C)CO)CC1. The third kappa shape index (κ3) is 3.65. The van der Waals surface area contributed by atoms with E-state index in [0.717, 1.165) is 4.31 Å². The third-order valence-electron chi connectivity index (χ3n) is 3.56. The number of methoxy groups -OCH3 is 1. The summed E-state index contributed by atoms with van der Waals surface area (Å²) in [6, 6.07) is -0.469. The van der Waals surface area contributed by atoms with E-state index < -0.39 is 16.3 Å². The summed E-state index contributed by atoms with van der Waals surface area (Å²) in [5.74, 6) is -0.508. The molecule has 1 aliphatic heterocycles. The van der Waals surface area contributed by atoms with Crippen molar-refractivity contribution in [3.63, 3.8) is 0 Å². The first kappa shape index (κ1) is 16.4. The standard InChI is InChI=1S/C11H22N2O5S/c1-9(8-14)12(2)19(16,17)13-6-4-10(5-7-13)11(15)18-3/h9-10,14H,4-8H2,1-3H3. The molecule has 0 saturated carbocycles. The van der Waals surface area contributed by atoms with Gasteiger partial charge in [-0.25, -0.2) is 0 Å². The van der Waals surface area contributed by atoms with Crippen molar-refractivity contribution in [1.29, 1.82) is 0 Å². The minimum Gasteiger partial charge on any atom is -0.469 e. The number of aliphatic hydroxyl groups excluding tert-OH is 1. The molecule has 0 aromatic rings. The van der Waals surface area contributed by atoms with Crippen LogP contribution in [0, 0.1) is 5.92 Å². The maximum atomic E-state index is 12.3. The minimum absolute atomic E-state index is 0.225. The number of aliphatic hydroxyl groups is 1. The Morgan fingerprint density at radius 1 is 1.47 bits per heavy atom. The van der Waals surface area contributed by atoms with Crippen molar-refractivity contribution in [3.8, 4) is 0 Å². The lowest BCUT2D eigenvalue weighted by molar-refractivity contribution is -0.146. The van der Waals surface area contributed by atoms with Crippen LogP contribution in [0.4, 0.5) is 0 Å². The predicted molar refractivity (Wildman–Crippen MR) is 69.5 cm³/mol. The lowest BCUT2D eigenvalue weighted by Crippen LogP contribution is -2.49. The molecule has 0 bridgehead atoms. The van der Waals surface area contributed by atoms with Crippen LogP contribution in [0.1, 0.15) is 19.8 Å². The Hall–Kier alpha value is -0.700. The van der Waals surface area contributed by atoms with Crippen molar-refractivity contribution in [2.24, 2.45) is 5.92 Å². The summed E-state index contributed by atoms with van der Waals surface area (Å²) in [6.07, 6.45) is 0.931. The molecule has 1 heterocycles. The quantitative estimate of drug-likeness (QED) is 0.686. The Morgan fingerprint density at radius 3 is 2.42 bits per heavy atom. The Bertz CT molecular complexity index is 403. The van der Waals surface area contributed by atoms with Gasteiger partial charge in [-0.1, -0.05) is 0 Å². The van der Waals surface area contributed by atoms with Gasteiger partial charge in [0, 0.05) is 26.2 Å². The van der Waals surface area contributed by atoms with Gasteiger partial charge in [0.1, 0.15) is 0 Å². The number of nitrogens with zero attached hydrogens (tertiary/aromatic N) is 2. The molecule has 7 nitrogen and oxygen atoms in total. The summed E-state index contributed by atoms with van der Waals surface area (Å²) in [4.78, 5) is 11.4.